The van der Waals surface area contributed by atoms with Gasteiger partial charge in [-0.05, 0) is 41.8 Å². The number of hydrogen-bond acceptors (Lipinski definition) is 3. The maximum atomic E-state index is 12.3. The number of aromatic nitrogens is 1. The Morgan fingerprint density at radius 3 is 2.38 bits per heavy atom. The zero-order valence-electron chi connectivity index (χ0n) is 14.5. The number of amides is 1. The third-order valence-electron chi connectivity index (χ3n) is 4.14. The molecule has 2 N–H and O–H groups in total. The van der Waals surface area contributed by atoms with Crippen LogP contribution in [-0.4, -0.2) is 10.9 Å². The van der Waals surface area contributed by atoms with Crippen LogP contribution in [0.4, 0.5) is 5.82 Å². The van der Waals surface area contributed by atoms with Crippen LogP contribution in [0.25, 0.3) is 0 Å². The zero-order chi connectivity index (χ0) is 18.4. The Morgan fingerprint density at radius 1 is 0.962 bits per heavy atom. The van der Waals surface area contributed by atoms with Gasteiger partial charge < -0.3 is 10.6 Å². The van der Waals surface area contributed by atoms with Crippen molar-refractivity contribution < 1.29 is 4.79 Å². The van der Waals surface area contributed by atoms with E-state index in [0.717, 1.165) is 16.7 Å². The van der Waals surface area contributed by atoms with Crippen molar-refractivity contribution in [2.24, 2.45) is 0 Å². The fraction of sp³-hybridized carbons (Fsp3) is 0.143. The van der Waals surface area contributed by atoms with Gasteiger partial charge in [-0.3, -0.25) is 4.79 Å². The summed E-state index contributed by atoms with van der Waals surface area (Å²) in [6.07, 6.45) is 1.57. The van der Waals surface area contributed by atoms with Crippen molar-refractivity contribution in [3.8, 4) is 0 Å². The van der Waals surface area contributed by atoms with Gasteiger partial charge in [0.2, 0.25) is 0 Å². The molecule has 1 amide bonds. The lowest BCUT2D eigenvalue weighted by molar-refractivity contribution is 0.0950. The fourth-order valence-corrected chi connectivity index (χ4v) is 2.75. The van der Waals surface area contributed by atoms with E-state index in [1.54, 1.807) is 18.3 Å². The molecule has 5 heteroatoms. The first kappa shape index (κ1) is 18.0. The van der Waals surface area contributed by atoms with Gasteiger partial charge in [0.1, 0.15) is 5.82 Å². The molecular weight excluding hydrogens is 346 g/mol. The number of nitrogens with one attached hydrogen (secondary N) is 2. The SMILES string of the molecule is Cc1ccccc1CNC(=O)c1ccc(NCc2ccccc2Cl)nc1. The number of carbonyl (C=O) groups is 1. The standard InChI is InChI=1S/C21H20ClN3O/c1-15-6-2-3-7-16(15)12-25-21(26)18-10-11-20(24-14-18)23-13-17-8-4-5-9-19(17)22/h2-11,14H,12-13H2,1H3,(H,23,24)(H,25,26). The summed E-state index contributed by atoms with van der Waals surface area (Å²) in [5, 5.41) is 6.85. The Bertz CT molecular complexity index is 894. The van der Waals surface area contributed by atoms with Crippen molar-refractivity contribution in [3.63, 3.8) is 0 Å². The highest BCUT2D eigenvalue weighted by atomic mass is 35.5. The molecule has 26 heavy (non-hydrogen) atoms. The van der Waals surface area contributed by atoms with Crippen molar-refractivity contribution >= 4 is 23.3 Å². The van der Waals surface area contributed by atoms with Crippen LogP contribution in [0.15, 0.2) is 66.9 Å². The third-order valence-corrected chi connectivity index (χ3v) is 4.51. The molecule has 0 saturated heterocycles. The Labute approximate surface area is 158 Å². The van der Waals surface area contributed by atoms with Crippen molar-refractivity contribution in [1.82, 2.24) is 10.3 Å². The number of nitrogens with zero attached hydrogens (tertiary/aromatic N) is 1. The molecule has 0 radical (unpaired) electrons. The average Bonchev–Trinajstić information content (AvgIpc) is 2.67. The summed E-state index contributed by atoms with van der Waals surface area (Å²) in [5.41, 5.74) is 3.79. The Morgan fingerprint density at radius 2 is 1.69 bits per heavy atom. The molecule has 3 aromatic rings. The van der Waals surface area contributed by atoms with Crippen molar-refractivity contribution in [3.05, 3.63) is 94.1 Å². The van der Waals surface area contributed by atoms with Gasteiger partial charge >= 0.3 is 0 Å². The van der Waals surface area contributed by atoms with E-state index in [2.05, 4.69) is 15.6 Å². The first-order valence-electron chi connectivity index (χ1n) is 8.39. The van der Waals surface area contributed by atoms with E-state index >= 15 is 0 Å². The van der Waals surface area contributed by atoms with E-state index in [1.807, 2.05) is 55.5 Å². The maximum Gasteiger partial charge on any atom is 0.253 e. The topological polar surface area (TPSA) is 54.0 Å². The van der Waals surface area contributed by atoms with E-state index in [-0.39, 0.29) is 5.91 Å². The molecule has 0 spiro atoms. The molecular formula is C21H20ClN3O. The first-order valence-corrected chi connectivity index (χ1v) is 8.77. The van der Waals surface area contributed by atoms with Gasteiger partial charge in [0.15, 0.2) is 0 Å². The highest BCUT2D eigenvalue weighted by molar-refractivity contribution is 6.31. The maximum absolute atomic E-state index is 12.3. The first-order chi connectivity index (χ1) is 12.6. The number of halogens is 1. The van der Waals surface area contributed by atoms with Gasteiger partial charge in [-0.1, -0.05) is 54.1 Å². The van der Waals surface area contributed by atoms with E-state index in [1.165, 1.54) is 0 Å². The molecule has 132 valence electrons. The van der Waals surface area contributed by atoms with Crippen LogP contribution in [0, 0.1) is 6.92 Å². The summed E-state index contributed by atoms with van der Waals surface area (Å²) in [5.74, 6) is 0.554. The number of pyridine rings is 1. The normalized spacial score (nSPS) is 10.4. The van der Waals surface area contributed by atoms with Crippen LogP contribution < -0.4 is 10.6 Å². The molecule has 0 unspecified atom stereocenters. The minimum absolute atomic E-state index is 0.140. The number of rotatable bonds is 6. The fourth-order valence-electron chi connectivity index (χ4n) is 2.55. The number of hydrogen-bond donors (Lipinski definition) is 2. The molecule has 0 bridgehead atoms. The van der Waals surface area contributed by atoms with Crippen molar-refractivity contribution in [1.29, 1.82) is 0 Å². The average molecular weight is 366 g/mol. The molecule has 3 rings (SSSR count). The molecule has 0 saturated carbocycles. The van der Waals surface area contributed by atoms with Crippen molar-refractivity contribution in [2.75, 3.05) is 5.32 Å². The summed E-state index contributed by atoms with van der Waals surface area (Å²) in [4.78, 5) is 16.6. The van der Waals surface area contributed by atoms with Gasteiger partial charge in [0, 0.05) is 24.3 Å². The highest BCUT2D eigenvalue weighted by Gasteiger charge is 2.07. The van der Waals surface area contributed by atoms with Gasteiger partial charge in [0.05, 0.1) is 5.56 Å². The summed E-state index contributed by atoms with van der Waals surface area (Å²) < 4.78 is 0. The minimum atomic E-state index is -0.140. The Balaban J connectivity index is 1.56. The quantitative estimate of drug-likeness (QED) is 0.672. The predicted molar refractivity (Wildman–Crippen MR) is 105 cm³/mol. The third kappa shape index (κ3) is 4.61. The van der Waals surface area contributed by atoms with Crippen LogP contribution in [-0.2, 0) is 13.1 Å². The monoisotopic (exact) mass is 365 g/mol. The highest BCUT2D eigenvalue weighted by Crippen LogP contribution is 2.16. The predicted octanol–water partition coefficient (Wildman–Crippen LogP) is 4.59. The van der Waals surface area contributed by atoms with Crippen LogP contribution in [0.1, 0.15) is 27.0 Å². The Hall–Kier alpha value is -2.85. The zero-order valence-corrected chi connectivity index (χ0v) is 15.3. The lowest BCUT2D eigenvalue weighted by Gasteiger charge is -2.09. The molecule has 1 aromatic heterocycles. The van der Waals surface area contributed by atoms with Crippen LogP contribution in [0.3, 0.4) is 0 Å². The van der Waals surface area contributed by atoms with Gasteiger partial charge in [0.25, 0.3) is 5.91 Å². The number of anilines is 1. The molecule has 1 heterocycles. The van der Waals surface area contributed by atoms with Crippen LogP contribution >= 0.6 is 11.6 Å². The minimum Gasteiger partial charge on any atom is -0.366 e. The van der Waals surface area contributed by atoms with E-state index in [4.69, 9.17) is 11.6 Å². The molecule has 4 nitrogen and oxygen atoms in total. The summed E-state index contributed by atoms with van der Waals surface area (Å²) >= 11 is 6.14. The largest absolute Gasteiger partial charge is 0.366 e. The van der Waals surface area contributed by atoms with Gasteiger partial charge in [-0.25, -0.2) is 4.98 Å². The van der Waals surface area contributed by atoms with Gasteiger partial charge in [-0.2, -0.15) is 0 Å². The number of benzene rings is 2. The smallest absolute Gasteiger partial charge is 0.253 e. The second-order valence-electron chi connectivity index (χ2n) is 5.99. The summed E-state index contributed by atoms with van der Waals surface area (Å²) in [6, 6.07) is 19.2. The lowest BCUT2D eigenvalue weighted by Crippen LogP contribution is -2.23. The van der Waals surface area contributed by atoms with Crippen LogP contribution in [0.2, 0.25) is 5.02 Å². The number of carbonyl (C=O) groups excluding carboxylic acids is 1. The second-order valence-corrected chi connectivity index (χ2v) is 6.39. The second kappa shape index (κ2) is 8.50. The Kier molecular flexibility index (Phi) is 5.87. The van der Waals surface area contributed by atoms with E-state index in [9.17, 15) is 4.79 Å². The lowest BCUT2D eigenvalue weighted by atomic mass is 10.1. The molecule has 2 aromatic carbocycles. The molecule has 0 aliphatic carbocycles. The molecule has 0 aliphatic heterocycles. The summed E-state index contributed by atoms with van der Waals surface area (Å²) in [6.45, 7) is 3.10. The molecule has 0 aliphatic rings. The van der Waals surface area contributed by atoms with Crippen LogP contribution in [0.5, 0.6) is 0 Å². The van der Waals surface area contributed by atoms with E-state index in [0.29, 0.717) is 29.5 Å². The number of aryl methyl sites for hydroxylation is 1. The molecule has 0 fully saturated rings. The van der Waals surface area contributed by atoms with Crippen molar-refractivity contribution in [2.45, 2.75) is 20.0 Å². The van der Waals surface area contributed by atoms with Gasteiger partial charge in [-0.15, -0.1) is 0 Å². The molecule has 0 atom stereocenters. The summed E-state index contributed by atoms with van der Waals surface area (Å²) in [7, 11) is 0. The van der Waals surface area contributed by atoms with E-state index < -0.39 is 0 Å².